The van der Waals surface area contributed by atoms with E-state index < -0.39 is 6.36 Å². The van der Waals surface area contributed by atoms with Gasteiger partial charge in [0, 0.05) is 31.0 Å². The van der Waals surface area contributed by atoms with Crippen molar-refractivity contribution < 1.29 is 17.9 Å². The number of nitrogens with zero attached hydrogens (tertiary/aromatic N) is 1. The first-order valence-electron chi connectivity index (χ1n) is 6.19. The normalized spacial score (nSPS) is 11.3. The van der Waals surface area contributed by atoms with E-state index in [1.54, 1.807) is 30.3 Å². The van der Waals surface area contributed by atoms with E-state index in [1.807, 2.05) is 19.0 Å². The zero-order valence-electron chi connectivity index (χ0n) is 11.6. The molecule has 0 amide bonds. The maximum Gasteiger partial charge on any atom is 0.573 e. The smallest absolute Gasteiger partial charge is 0.406 e. The van der Waals surface area contributed by atoms with E-state index in [-0.39, 0.29) is 5.75 Å². The lowest BCUT2D eigenvalue weighted by molar-refractivity contribution is -0.274. The minimum atomic E-state index is -4.71. The van der Waals surface area contributed by atoms with Crippen molar-refractivity contribution in [2.45, 2.75) is 6.36 Å². The van der Waals surface area contributed by atoms with Crippen molar-refractivity contribution >= 4 is 11.4 Å². The van der Waals surface area contributed by atoms with E-state index in [9.17, 15) is 13.2 Å². The second-order valence-corrected chi connectivity index (χ2v) is 4.74. The lowest BCUT2D eigenvalue weighted by atomic mass is 10.0. The Bertz CT molecular complexity index is 622. The van der Waals surface area contributed by atoms with Crippen LogP contribution in [0.15, 0.2) is 42.5 Å². The first-order valence-corrected chi connectivity index (χ1v) is 6.19. The van der Waals surface area contributed by atoms with Gasteiger partial charge in [-0.3, -0.25) is 0 Å². The molecule has 112 valence electrons. The average molecular weight is 296 g/mol. The molecule has 0 spiro atoms. The Morgan fingerprint density at radius 2 is 1.62 bits per heavy atom. The van der Waals surface area contributed by atoms with Gasteiger partial charge in [0.15, 0.2) is 0 Å². The number of alkyl halides is 3. The molecule has 0 bridgehead atoms. The Kier molecular flexibility index (Phi) is 3.97. The van der Waals surface area contributed by atoms with Crippen LogP contribution in [0.3, 0.4) is 0 Å². The minimum Gasteiger partial charge on any atom is -0.406 e. The van der Waals surface area contributed by atoms with Gasteiger partial charge in [-0.1, -0.05) is 12.1 Å². The highest BCUT2D eigenvalue weighted by atomic mass is 19.4. The van der Waals surface area contributed by atoms with Crippen molar-refractivity contribution in [3.05, 3.63) is 42.5 Å². The third kappa shape index (κ3) is 3.81. The van der Waals surface area contributed by atoms with E-state index >= 15 is 0 Å². The Hall–Kier alpha value is -2.37. The van der Waals surface area contributed by atoms with Crippen LogP contribution in [0.1, 0.15) is 0 Å². The summed E-state index contributed by atoms with van der Waals surface area (Å²) < 4.78 is 41.0. The summed E-state index contributed by atoms with van der Waals surface area (Å²) in [5, 5.41) is 0. The van der Waals surface area contributed by atoms with Gasteiger partial charge in [0.1, 0.15) is 5.75 Å². The third-order valence-corrected chi connectivity index (χ3v) is 2.91. The second kappa shape index (κ2) is 5.55. The number of hydrogen-bond donors (Lipinski definition) is 1. The van der Waals surface area contributed by atoms with Crippen molar-refractivity contribution in [2.24, 2.45) is 0 Å². The van der Waals surface area contributed by atoms with Crippen LogP contribution >= 0.6 is 0 Å². The van der Waals surface area contributed by atoms with E-state index in [0.29, 0.717) is 11.3 Å². The zero-order valence-corrected chi connectivity index (χ0v) is 11.6. The molecule has 2 N–H and O–H groups in total. The molecule has 2 aromatic rings. The second-order valence-electron chi connectivity index (χ2n) is 4.74. The summed E-state index contributed by atoms with van der Waals surface area (Å²) in [6.07, 6.45) is -4.71. The van der Waals surface area contributed by atoms with Crippen LogP contribution in [0.25, 0.3) is 11.1 Å². The van der Waals surface area contributed by atoms with Crippen molar-refractivity contribution in [1.82, 2.24) is 0 Å². The van der Waals surface area contributed by atoms with Crippen LogP contribution in [-0.4, -0.2) is 20.5 Å². The zero-order chi connectivity index (χ0) is 15.6. The van der Waals surface area contributed by atoms with Crippen LogP contribution < -0.4 is 15.4 Å². The number of halogens is 3. The van der Waals surface area contributed by atoms with Crippen LogP contribution in [-0.2, 0) is 0 Å². The fraction of sp³-hybridized carbons (Fsp3) is 0.200. The highest BCUT2D eigenvalue weighted by Gasteiger charge is 2.31. The lowest BCUT2D eigenvalue weighted by Crippen LogP contribution is -2.17. The molecule has 0 radical (unpaired) electrons. The Labute approximate surface area is 120 Å². The molecule has 3 nitrogen and oxygen atoms in total. The summed E-state index contributed by atoms with van der Waals surface area (Å²) in [7, 11) is 3.64. The molecule has 0 aliphatic carbocycles. The molecule has 0 unspecified atom stereocenters. The minimum absolute atomic E-state index is 0.250. The molecule has 21 heavy (non-hydrogen) atoms. The highest BCUT2D eigenvalue weighted by Crippen LogP contribution is 2.35. The van der Waals surface area contributed by atoms with Gasteiger partial charge in [0.05, 0.1) is 0 Å². The summed E-state index contributed by atoms with van der Waals surface area (Å²) in [6, 6.07) is 11.2. The van der Waals surface area contributed by atoms with Gasteiger partial charge in [-0.05, 0) is 35.9 Å². The van der Waals surface area contributed by atoms with Crippen LogP contribution in [0.4, 0.5) is 24.5 Å². The summed E-state index contributed by atoms with van der Waals surface area (Å²) in [5.74, 6) is -0.250. The van der Waals surface area contributed by atoms with Crippen molar-refractivity contribution in [3.63, 3.8) is 0 Å². The third-order valence-electron chi connectivity index (χ3n) is 2.91. The molecule has 0 aliphatic heterocycles. The SMILES string of the molecule is CN(C)c1ccc(OC(F)(F)F)cc1-c1ccc(N)cc1. The average Bonchev–Trinajstić information content (AvgIpc) is 2.37. The van der Waals surface area contributed by atoms with Crippen molar-refractivity contribution in [2.75, 3.05) is 24.7 Å². The lowest BCUT2D eigenvalue weighted by Gasteiger charge is -2.19. The molecular formula is C15H15F3N2O. The molecule has 0 heterocycles. The van der Waals surface area contributed by atoms with Crippen LogP contribution in [0.5, 0.6) is 5.75 Å². The molecule has 2 aromatic carbocycles. The number of anilines is 2. The van der Waals surface area contributed by atoms with E-state index in [1.165, 1.54) is 12.1 Å². The number of rotatable bonds is 3. The van der Waals surface area contributed by atoms with Crippen molar-refractivity contribution in [1.29, 1.82) is 0 Å². The molecule has 0 atom stereocenters. The predicted octanol–water partition coefficient (Wildman–Crippen LogP) is 3.90. The van der Waals surface area contributed by atoms with E-state index in [0.717, 1.165) is 11.3 Å². The standard InChI is InChI=1S/C15H15F3N2O/c1-20(2)14-8-7-12(21-15(16,17)18)9-13(14)10-3-5-11(19)6-4-10/h3-9H,19H2,1-2H3. The number of nitrogen functional groups attached to an aromatic ring is 1. The van der Waals surface area contributed by atoms with Gasteiger partial charge in [0.2, 0.25) is 0 Å². The molecule has 2 rings (SSSR count). The molecule has 0 aromatic heterocycles. The van der Waals surface area contributed by atoms with E-state index in [2.05, 4.69) is 4.74 Å². The molecular weight excluding hydrogens is 281 g/mol. The van der Waals surface area contributed by atoms with Gasteiger partial charge in [-0.15, -0.1) is 13.2 Å². The van der Waals surface area contributed by atoms with Crippen LogP contribution in [0, 0.1) is 0 Å². The Balaban J connectivity index is 2.49. The maximum atomic E-state index is 12.3. The number of ether oxygens (including phenoxy) is 1. The largest absolute Gasteiger partial charge is 0.573 e. The topological polar surface area (TPSA) is 38.5 Å². The molecule has 0 saturated carbocycles. The van der Waals surface area contributed by atoms with Gasteiger partial charge in [-0.2, -0.15) is 0 Å². The number of nitrogens with two attached hydrogens (primary N) is 1. The van der Waals surface area contributed by atoms with Crippen LogP contribution in [0.2, 0.25) is 0 Å². The number of benzene rings is 2. The summed E-state index contributed by atoms with van der Waals surface area (Å²) in [6.45, 7) is 0. The van der Waals surface area contributed by atoms with Crippen molar-refractivity contribution in [3.8, 4) is 16.9 Å². The first kappa shape index (κ1) is 15.0. The molecule has 0 saturated heterocycles. The Morgan fingerprint density at radius 1 is 1.00 bits per heavy atom. The molecule has 6 heteroatoms. The van der Waals surface area contributed by atoms with E-state index in [4.69, 9.17) is 5.73 Å². The predicted molar refractivity (Wildman–Crippen MR) is 77.3 cm³/mol. The first-order chi connectivity index (χ1) is 9.76. The number of hydrogen-bond acceptors (Lipinski definition) is 3. The molecule has 0 fully saturated rings. The Morgan fingerprint density at radius 3 is 2.14 bits per heavy atom. The van der Waals surface area contributed by atoms with Gasteiger partial charge in [-0.25, -0.2) is 0 Å². The molecule has 0 aliphatic rings. The quantitative estimate of drug-likeness (QED) is 0.873. The summed E-state index contributed by atoms with van der Waals surface area (Å²) in [5.41, 5.74) is 8.41. The van der Waals surface area contributed by atoms with Gasteiger partial charge < -0.3 is 15.4 Å². The fourth-order valence-corrected chi connectivity index (χ4v) is 2.00. The summed E-state index contributed by atoms with van der Waals surface area (Å²) >= 11 is 0. The highest BCUT2D eigenvalue weighted by molar-refractivity contribution is 5.80. The maximum absolute atomic E-state index is 12.3. The monoisotopic (exact) mass is 296 g/mol. The van der Waals surface area contributed by atoms with Gasteiger partial charge in [0.25, 0.3) is 0 Å². The fourth-order valence-electron chi connectivity index (χ4n) is 2.00. The van der Waals surface area contributed by atoms with Gasteiger partial charge >= 0.3 is 6.36 Å². The summed E-state index contributed by atoms with van der Waals surface area (Å²) in [4.78, 5) is 1.82.